The number of esters is 1. The van der Waals surface area contributed by atoms with E-state index >= 15 is 0 Å². The van der Waals surface area contributed by atoms with E-state index < -0.39 is 12.1 Å². The van der Waals surface area contributed by atoms with Crippen molar-refractivity contribution in [3.63, 3.8) is 0 Å². The van der Waals surface area contributed by atoms with Gasteiger partial charge in [-0.05, 0) is 56.6 Å². The molecule has 0 saturated carbocycles. The van der Waals surface area contributed by atoms with Gasteiger partial charge in [0.1, 0.15) is 12.2 Å². The van der Waals surface area contributed by atoms with Crippen LogP contribution in [0.4, 0.5) is 0 Å². The summed E-state index contributed by atoms with van der Waals surface area (Å²) in [7, 11) is 2.19. The van der Waals surface area contributed by atoms with Crippen LogP contribution in [0.1, 0.15) is 30.0 Å². The van der Waals surface area contributed by atoms with E-state index in [2.05, 4.69) is 24.1 Å². The maximum Gasteiger partial charge on any atom is 0.339 e. The molecule has 6 rings (SSSR count). The van der Waals surface area contributed by atoms with Gasteiger partial charge in [-0.3, -0.25) is 0 Å². The van der Waals surface area contributed by atoms with Gasteiger partial charge in [0, 0.05) is 28.5 Å². The maximum absolute atomic E-state index is 12.9. The first-order chi connectivity index (χ1) is 15.5. The number of ether oxygens (including phenoxy) is 2. The lowest BCUT2D eigenvalue weighted by molar-refractivity contribution is -0.130. The van der Waals surface area contributed by atoms with E-state index in [1.807, 2.05) is 48.6 Å². The summed E-state index contributed by atoms with van der Waals surface area (Å²) in [6, 6.07) is 14.0. The van der Waals surface area contributed by atoms with E-state index in [0.717, 1.165) is 30.5 Å². The number of carbonyl (C=O) groups is 1. The average molecular weight is 430 g/mol. The normalized spacial score (nSPS) is 32.3. The predicted octanol–water partition coefficient (Wildman–Crippen LogP) is 3.50. The molecule has 1 saturated heterocycles. The van der Waals surface area contributed by atoms with Crippen LogP contribution in [-0.2, 0) is 16.6 Å². The summed E-state index contributed by atoms with van der Waals surface area (Å²) in [4.78, 5) is 15.3. The van der Waals surface area contributed by atoms with Crippen molar-refractivity contribution in [3.8, 4) is 11.5 Å². The number of hydrogen-bond acceptors (Lipinski definition) is 5. The van der Waals surface area contributed by atoms with Crippen LogP contribution < -0.4 is 9.47 Å². The number of aliphatic hydroxyl groups is 1. The van der Waals surface area contributed by atoms with Crippen LogP contribution in [0.3, 0.4) is 0 Å². The molecular weight excluding hydrogens is 402 g/mol. The van der Waals surface area contributed by atoms with Gasteiger partial charge in [-0.1, -0.05) is 48.6 Å². The van der Waals surface area contributed by atoms with Gasteiger partial charge in [0.25, 0.3) is 0 Å². The first-order valence-corrected chi connectivity index (χ1v) is 11.3. The van der Waals surface area contributed by atoms with Gasteiger partial charge in [0.2, 0.25) is 0 Å². The molecule has 5 atom stereocenters. The predicted molar refractivity (Wildman–Crippen MR) is 122 cm³/mol. The molecule has 2 aromatic rings. The van der Waals surface area contributed by atoms with E-state index in [4.69, 9.17) is 9.47 Å². The number of hydrogen-bond donors (Lipinski definition) is 1. The summed E-state index contributed by atoms with van der Waals surface area (Å²) >= 11 is 0. The van der Waals surface area contributed by atoms with Crippen LogP contribution in [-0.4, -0.2) is 47.8 Å². The molecule has 32 heavy (non-hydrogen) atoms. The van der Waals surface area contributed by atoms with Crippen molar-refractivity contribution in [2.75, 3.05) is 13.6 Å². The molecular formula is C27H27NO4. The van der Waals surface area contributed by atoms with Crippen LogP contribution in [0.2, 0.25) is 0 Å². The number of nitrogens with zero attached hydrogens (tertiary/aromatic N) is 1. The Balaban J connectivity index is 1.39. The zero-order chi connectivity index (χ0) is 22.0. The van der Waals surface area contributed by atoms with E-state index in [1.54, 1.807) is 6.92 Å². The molecule has 5 nitrogen and oxygen atoms in total. The van der Waals surface area contributed by atoms with Crippen LogP contribution in [0.15, 0.2) is 60.2 Å². The Labute approximate surface area is 188 Å². The third-order valence-corrected chi connectivity index (χ3v) is 7.84. The minimum Gasteiger partial charge on any atom is -0.482 e. The average Bonchev–Trinajstić information content (AvgIpc) is 3.15. The number of likely N-dealkylation sites (N-methyl/N-ethyl adjacent to an activating group) is 1. The van der Waals surface area contributed by atoms with Crippen LogP contribution >= 0.6 is 0 Å². The van der Waals surface area contributed by atoms with Crippen molar-refractivity contribution in [2.24, 2.45) is 5.92 Å². The summed E-state index contributed by atoms with van der Waals surface area (Å²) in [5.41, 5.74) is 3.61. The molecule has 0 radical (unpaired) electrons. The molecule has 164 valence electrons. The minimum atomic E-state index is -0.670. The third kappa shape index (κ3) is 2.68. The van der Waals surface area contributed by atoms with E-state index in [-0.39, 0.29) is 17.4 Å². The standard InChI is InChI=1S/C27H27NO4/c1-16(14-17-6-4-3-5-7-17)26(30)31-22-11-8-18-15-20-19-9-10-21(29)25-27(19,12-13-28(20)2)23(18)24(22)32-25/h3-11,14,19-21,25,29H,12-13,15H2,1-2H3/b16-14+/t19?,20-,21+,25+,27+/m1/s1. The van der Waals surface area contributed by atoms with E-state index in [9.17, 15) is 9.90 Å². The highest BCUT2D eigenvalue weighted by Crippen LogP contribution is 2.62. The van der Waals surface area contributed by atoms with Gasteiger partial charge < -0.3 is 19.5 Å². The number of carbonyl (C=O) groups excluding carboxylic acids is 1. The second-order valence-corrected chi connectivity index (χ2v) is 9.54. The summed E-state index contributed by atoms with van der Waals surface area (Å²) in [5.74, 6) is 0.980. The van der Waals surface area contributed by atoms with Gasteiger partial charge >= 0.3 is 5.97 Å². The monoisotopic (exact) mass is 429 g/mol. The molecule has 0 amide bonds. The van der Waals surface area contributed by atoms with E-state index in [1.165, 1.54) is 5.56 Å². The number of benzene rings is 2. The molecule has 2 aromatic carbocycles. The molecule has 0 aromatic heterocycles. The van der Waals surface area contributed by atoms with Crippen molar-refractivity contribution in [1.82, 2.24) is 4.90 Å². The molecule has 2 heterocycles. The Morgan fingerprint density at radius 1 is 1.22 bits per heavy atom. The highest BCUT2D eigenvalue weighted by Gasteiger charge is 2.64. The molecule has 1 unspecified atom stereocenters. The fraction of sp³-hybridized carbons (Fsp3) is 0.370. The number of piperidine rings is 1. The van der Waals surface area contributed by atoms with Crippen molar-refractivity contribution in [2.45, 2.75) is 43.4 Å². The van der Waals surface area contributed by atoms with Crippen molar-refractivity contribution in [3.05, 3.63) is 76.9 Å². The first kappa shape index (κ1) is 19.8. The highest BCUT2D eigenvalue weighted by molar-refractivity contribution is 5.94. The highest BCUT2D eigenvalue weighted by atomic mass is 16.6. The molecule has 2 aliphatic heterocycles. The Hall–Kier alpha value is -2.89. The van der Waals surface area contributed by atoms with Crippen LogP contribution in [0, 0.1) is 5.92 Å². The van der Waals surface area contributed by atoms with Gasteiger partial charge in [-0.2, -0.15) is 0 Å². The maximum atomic E-state index is 12.9. The van der Waals surface area contributed by atoms with Gasteiger partial charge in [0.15, 0.2) is 11.5 Å². The second kappa shape index (κ2) is 7.06. The summed E-state index contributed by atoms with van der Waals surface area (Å²) in [6.07, 6.45) is 6.73. The zero-order valence-electron chi connectivity index (χ0n) is 18.3. The van der Waals surface area contributed by atoms with Crippen molar-refractivity contribution in [1.29, 1.82) is 0 Å². The Morgan fingerprint density at radius 3 is 2.84 bits per heavy atom. The summed E-state index contributed by atoms with van der Waals surface area (Å²) in [6.45, 7) is 2.72. The smallest absolute Gasteiger partial charge is 0.339 e. The van der Waals surface area contributed by atoms with Gasteiger partial charge in [-0.15, -0.1) is 0 Å². The fourth-order valence-electron chi connectivity index (χ4n) is 6.35. The lowest BCUT2D eigenvalue weighted by atomic mass is 9.53. The van der Waals surface area contributed by atoms with E-state index in [0.29, 0.717) is 23.1 Å². The van der Waals surface area contributed by atoms with Crippen LogP contribution in [0.5, 0.6) is 11.5 Å². The molecule has 4 aliphatic rings. The first-order valence-electron chi connectivity index (χ1n) is 11.3. The summed E-state index contributed by atoms with van der Waals surface area (Å²) < 4.78 is 12.3. The lowest BCUT2D eigenvalue weighted by Crippen LogP contribution is -2.64. The Morgan fingerprint density at radius 2 is 2.03 bits per heavy atom. The SMILES string of the molecule is C/C(=C\c1ccccc1)C(=O)Oc1ccc2c3c1O[C@H]1[C@@H](O)C=CC4[C@@H](C2)N(C)CC[C@@]341. The molecule has 2 aliphatic carbocycles. The fourth-order valence-corrected chi connectivity index (χ4v) is 6.35. The molecule has 5 heteroatoms. The molecule has 2 bridgehead atoms. The van der Waals surface area contributed by atoms with Crippen LogP contribution in [0.25, 0.3) is 6.08 Å². The van der Waals surface area contributed by atoms with Crippen molar-refractivity contribution < 1.29 is 19.4 Å². The lowest BCUT2D eigenvalue weighted by Gasteiger charge is -2.56. The zero-order valence-corrected chi connectivity index (χ0v) is 18.3. The quantitative estimate of drug-likeness (QED) is 0.350. The molecule has 1 N–H and O–H groups in total. The van der Waals surface area contributed by atoms with Gasteiger partial charge in [0.05, 0.1) is 0 Å². The molecule has 1 spiro atoms. The van der Waals surface area contributed by atoms with Crippen molar-refractivity contribution >= 4 is 12.0 Å². The minimum absolute atomic E-state index is 0.258. The number of aliphatic hydroxyl groups excluding tert-OH is 1. The Bertz CT molecular complexity index is 1150. The number of rotatable bonds is 3. The second-order valence-electron chi connectivity index (χ2n) is 9.54. The largest absolute Gasteiger partial charge is 0.482 e. The van der Waals surface area contributed by atoms with Gasteiger partial charge in [-0.25, -0.2) is 4.79 Å². The Kier molecular flexibility index (Phi) is 4.36. The number of likely N-dealkylation sites (tertiary alicyclic amines) is 1. The molecule has 1 fully saturated rings. The topological polar surface area (TPSA) is 59.0 Å². The summed E-state index contributed by atoms with van der Waals surface area (Å²) in [5, 5.41) is 10.8. The third-order valence-electron chi connectivity index (χ3n) is 7.84.